The minimum absolute atomic E-state index is 0.214. The molecule has 1 aromatic heterocycles. The zero-order chi connectivity index (χ0) is 19.0. The predicted molar refractivity (Wildman–Crippen MR) is 99.8 cm³/mol. The summed E-state index contributed by atoms with van der Waals surface area (Å²) in [6.07, 6.45) is 1.71. The van der Waals surface area contributed by atoms with Gasteiger partial charge in [-0.3, -0.25) is 4.79 Å². The first-order valence-corrected chi connectivity index (χ1v) is 8.99. The number of ether oxygens (including phenoxy) is 2. The third-order valence-electron chi connectivity index (χ3n) is 4.10. The summed E-state index contributed by atoms with van der Waals surface area (Å²) >= 11 is 1.52. The predicted octanol–water partition coefficient (Wildman–Crippen LogP) is 5.03. The third kappa shape index (κ3) is 3.39. The first kappa shape index (κ1) is 17.2. The molecule has 4 nitrogen and oxygen atoms in total. The summed E-state index contributed by atoms with van der Waals surface area (Å²) in [4.78, 5) is 25.6. The van der Waals surface area contributed by atoms with Crippen LogP contribution in [0.3, 0.4) is 0 Å². The molecule has 0 atom stereocenters. The lowest BCUT2D eigenvalue weighted by Crippen LogP contribution is -2.08. The second-order valence-electron chi connectivity index (χ2n) is 5.96. The molecular formula is C21H13FO4S. The minimum atomic E-state index is -0.621. The zero-order valence-electron chi connectivity index (χ0n) is 14.2. The smallest absolute Gasteiger partial charge is 0.343 e. The Morgan fingerprint density at radius 2 is 1.93 bits per heavy atom. The van der Waals surface area contributed by atoms with Crippen molar-refractivity contribution in [2.45, 2.75) is 6.92 Å². The molecule has 1 aliphatic rings. The number of thiophene rings is 1. The molecule has 1 aliphatic heterocycles. The summed E-state index contributed by atoms with van der Waals surface area (Å²) in [5, 5.41) is 1.95. The van der Waals surface area contributed by atoms with E-state index in [0.717, 1.165) is 10.4 Å². The number of Topliss-reactive ketones (excluding diaryl/α,β-unsaturated/α-hetero) is 1. The second kappa shape index (κ2) is 6.81. The van der Waals surface area contributed by atoms with Gasteiger partial charge in [-0.05, 0) is 60.3 Å². The van der Waals surface area contributed by atoms with E-state index in [-0.39, 0.29) is 22.9 Å². The zero-order valence-corrected chi connectivity index (χ0v) is 15.0. The van der Waals surface area contributed by atoms with E-state index in [4.69, 9.17) is 9.47 Å². The Morgan fingerprint density at radius 3 is 2.63 bits per heavy atom. The molecule has 0 N–H and O–H groups in total. The number of carbonyl (C=O) groups is 2. The molecule has 3 aromatic rings. The Bertz CT molecular complexity index is 1080. The summed E-state index contributed by atoms with van der Waals surface area (Å²) in [5.74, 6) is -0.457. The topological polar surface area (TPSA) is 52.6 Å². The van der Waals surface area contributed by atoms with E-state index in [2.05, 4.69) is 0 Å². The summed E-state index contributed by atoms with van der Waals surface area (Å²) in [7, 11) is 0. The van der Waals surface area contributed by atoms with E-state index in [0.29, 0.717) is 11.3 Å². The number of aryl methyl sites for hydroxylation is 1. The maximum atomic E-state index is 13.0. The van der Waals surface area contributed by atoms with Gasteiger partial charge in [-0.15, -0.1) is 11.3 Å². The number of allylic oxidation sites excluding steroid dienone is 1. The molecule has 2 heterocycles. The van der Waals surface area contributed by atoms with E-state index in [9.17, 15) is 14.0 Å². The largest absolute Gasteiger partial charge is 0.452 e. The van der Waals surface area contributed by atoms with Crippen LogP contribution in [0.4, 0.5) is 4.39 Å². The molecule has 0 spiro atoms. The molecule has 0 saturated heterocycles. The number of carbonyl (C=O) groups excluding carboxylic acids is 2. The minimum Gasteiger partial charge on any atom is -0.452 e. The lowest BCUT2D eigenvalue weighted by molar-refractivity contribution is 0.0734. The number of rotatable bonds is 3. The molecule has 0 radical (unpaired) electrons. The fourth-order valence-electron chi connectivity index (χ4n) is 2.63. The summed E-state index contributed by atoms with van der Waals surface area (Å²) in [5.41, 5.74) is 1.70. The van der Waals surface area contributed by atoms with Crippen molar-refractivity contribution in [1.82, 2.24) is 0 Å². The first-order valence-electron chi connectivity index (χ1n) is 8.11. The summed E-state index contributed by atoms with van der Waals surface area (Å²) in [6.45, 7) is 1.96. The van der Waals surface area contributed by atoms with Gasteiger partial charge in [0, 0.05) is 17.0 Å². The van der Waals surface area contributed by atoms with Crippen molar-refractivity contribution in [2.24, 2.45) is 0 Å². The Hall–Kier alpha value is -3.25. The molecule has 0 fully saturated rings. The van der Waals surface area contributed by atoms with Crippen LogP contribution < -0.4 is 9.47 Å². The lowest BCUT2D eigenvalue weighted by Gasteiger charge is -2.05. The van der Waals surface area contributed by atoms with E-state index >= 15 is 0 Å². The van der Waals surface area contributed by atoms with Gasteiger partial charge in [0.25, 0.3) is 0 Å². The Labute approximate surface area is 158 Å². The van der Waals surface area contributed by atoms with Crippen LogP contribution in [0, 0.1) is 12.7 Å². The average molecular weight is 380 g/mol. The second-order valence-corrected chi connectivity index (χ2v) is 6.91. The summed E-state index contributed by atoms with van der Waals surface area (Å²) in [6, 6.07) is 11.6. The first-order chi connectivity index (χ1) is 13.0. The molecule has 0 amide bonds. The molecule has 0 unspecified atom stereocenters. The van der Waals surface area contributed by atoms with Crippen LogP contribution in [-0.2, 0) is 0 Å². The van der Waals surface area contributed by atoms with Gasteiger partial charge in [0.1, 0.15) is 17.3 Å². The van der Waals surface area contributed by atoms with Crippen molar-refractivity contribution in [3.63, 3.8) is 0 Å². The van der Waals surface area contributed by atoms with Gasteiger partial charge in [-0.1, -0.05) is 0 Å². The van der Waals surface area contributed by atoms with Gasteiger partial charge < -0.3 is 9.47 Å². The van der Waals surface area contributed by atoms with Crippen molar-refractivity contribution in [1.29, 1.82) is 0 Å². The van der Waals surface area contributed by atoms with Gasteiger partial charge in [0.2, 0.25) is 5.78 Å². The van der Waals surface area contributed by atoms with Crippen LogP contribution >= 0.6 is 11.3 Å². The highest BCUT2D eigenvalue weighted by Crippen LogP contribution is 2.35. The normalized spacial score (nSPS) is 14.1. The van der Waals surface area contributed by atoms with Crippen LogP contribution in [0.15, 0.2) is 59.7 Å². The van der Waals surface area contributed by atoms with Crippen molar-refractivity contribution in [3.05, 3.63) is 87.1 Å². The number of benzene rings is 2. The fourth-order valence-corrected chi connectivity index (χ4v) is 3.48. The van der Waals surface area contributed by atoms with Crippen LogP contribution in [0.2, 0.25) is 0 Å². The molecule has 0 bridgehead atoms. The van der Waals surface area contributed by atoms with E-state index in [1.54, 1.807) is 12.1 Å². The van der Waals surface area contributed by atoms with E-state index in [1.165, 1.54) is 47.7 Å². The fraction of sp³-hybridized carbons (Fsp3) is 0.0476. The van der Waals surface area contributed by atoms with Gasteiger partial charge in [-0.2, -0.15) is 0 Å². The highest BCUT2D eigenvalue weighted by Gasteiger charge is 2.28. The average Bonchev–Trinajstić information content (AvgIpc) is 3.19. The lowest BCUT2D eigenvalue weighted by atomic mass is 10.1. The molecule has 134 valence electrons. The van der Waals surface area contributed by atoms with Crippen molar-refractivity contribution in [2.75, 3.05) is 0 Å². The Balaban J connectivity index is 1.56. The summed E-state index contributed by atoms with van der Waals surface area (Å²) < 4.78 is 23.9. The van der Waals surface area contributed by atoms with E-state index in [1.807, 2.05) is 18.4 Å². The molecule has 0 saturated carbocycles. The number of hydrogen-bond donors (Lipinski definition) is 0. The standard InChI is InChI=1S/C21H13FO4S/c1-12-8-9-27-19(12)11-18-20(23)16-7-6-15(10-17(16)26-18)25-21(24)13-2-4-14(22)5-3-13/h2-11H,1H3. The van der Waals surface area contributed by atoms with Crippen LogP contribution in [-0.4, -0.2) is 11.8 Å². The van der Waals surface area contributed by atoms with Gasteiger partial charge in [-0.25, -0.2) is 9.18 Å². The van der Waals surface area contributed by atoms with Crippen LogP contribution in [0.1, 0.15) is 31.2 Å². The van der Waals surface area contributed by atoms with Crippen LogP contribution in [0.25, 0.3) is 6.08 Å². The van der Waals surface area contributed by atoms with Crippen LogP contribution in [0.5, 0.6) is 11.5 Å². The Morgan fingerprint density at radius 1 is 1.15 bits per heavy atom. The highest BCUT2D eigenvalue weighted by atomic mass is 32.1. The van der Waals surface area contributed by atoms with Gasteiger partial charge >= 0.3 is 5.97 Å². The molecule has 2 aromatic carbocycles. The number of hydrogen-bond acceptors (Lipinski definition) is 5. The van der Waals surface area contributed by atoms with Crippen molar-refractivity contribution >= 4 is 29.2 Å². The number of ketones is 1. The molecular weight excluding hydrogens is 367 g/mol. The molecule has 0 aliphatic carbocycles. The van der Waals surface area contributed by atoms with Crippen molar-refractivity contribution < 1.29 is 23.5 Å². The highest BCUT2D eigenvalue weighted by molar-refractivity contribution is 7.11. The Kier molecular flexibility index (Phi) is 4.33. The number of fused-ring (bicyclic) bond motifs is 1. The quantitative estimate of drug-likeness (QED) is 0.363. The maximum Gasteiger partial charge on any atom is 0.343 e. The number of esters is 1. The number of halogens is 1. The van der Waals surface area contributed by atoms with Gasteiger partial charge in [0.15, 0.2) is 5.76 Å². The molecule has 27 heavy (non-hydrogen) atoms. The molecule has 4 rings (SSSR count). The van der Waals surface area contributed by atoms with E-state index < -0.39 is 11.8 Å². The van der Waals surface area contributed by atoms with Crippen molar-refractivity contribution in [3.8, 4) is 11.5 Å². The SMILES string of the molecule is Cc1ccsc1C=C1Oc2cc(OC(=O)c3ccc(F)cc3)ccc2C1=O. The monoisotopic (exact) mass is 380 g/mol. The molecule has 6 heteroatoms. The maximum absolute atomic E-state index is 13.0. The third-order valence-corrected chi connectivity index (χ3v) is 5.06. The van der Waals surface area contributed by atoms with Gasteiger partial charge in [0.05, 0.1) is 11.1 Å².